The number of para-hydroxylation sites is 1. The second-order valence-corrected chi connectivity index (χ2v) is 6.45. The van der Waals surface area contributed by atoms with Crippen LogP contribution in [0.2, 0.25) is 0 Å². The van der Waals surface area contributed by atoms with Crippen molar-refractivity contribution in [3.63, 3.8) is 0 Å². The van der Waals surface area contributed by atoms with Crippen molar-refractivity contribution in [2.75, 3.05) is 13.1 Å². The van der Waals surface area contributed by atoms with Gasteiger partial charge in [0.1, 0.15) is 11.3 Å². The summed E-state index contributed by atoms with van der Waals surface area (Å²) in [5.74, 6) is 1.08. The molecule has 1 atom stereocenters. The van der Waals surface area contributed by atoms with Crippen LogP contribution in [0.4, 0.5) is 0 Å². The van der Waals surface area contributed by atoms with Crippen LogP contribution < -0.4 is 0 Å². The summed E-state index contributed by atoms with van der Waals surface area (Å²) in [6.07, 6.45) is 7.29. The molecule has 0 N–H and O–H groups in total. The second-order valence-electron chi connectivity index (χ2n) is 6.45. The first-order valence-electron chi connectivity index (χ1n) is 8.47. The first-order valence-corrected chi connectivity index (χ1v) is 8.47. The van der Waals surface area contributed by atoms with Crippen molar-refractivity contribution >= 4 is 11.0 Å². The molecule has 3 nitrogen and oxygen atoms in total. The van der Waals surface area contributed by atoms with Crippen molar-refractivity contribution in [1.29, 1.82) is 0 Å². The summed E-state index contributed by atoms with van der Waals surface area (Å²) < 4.78 is 6.20. The van der Waals surface area contributed by atoms with Gasteiger partial charge in [0.05, 0.1) is 0 Å². The highest BCUT2D eigenvalue weighted by Crippen LogP contribution is 2.31. The van der Waals surface area contributed by atoms with Gasteiger partial charge < -0.3 is 9.32 Å². The molecule has 23 heavy (non-hydrogen) atoms. The highest BCUT2D eigenvalue weighted by atomic mass is 16.3. The fourth-order valence-electron chi connectivity index (χ4n) is 3.58. The molecule has 1 saturated heterocycles. The fourth-order valence-corrected chi connectivity index (χ4v) is 3.58. The molecule has 1 fully saturated rings. The number of hydrogen-bond acceptors (Lipinski definition) is 3. The van der Waals surface area contributed by atoms with Crippen LogP contribution in [0.1, 0.15) is 25.5 Å². The third kappa shape index (κ3) is 2.89. The van der Waals surface area contributed by atoms with Gasteiger partial charge in [0.2, 0.25) is 0 Å². The van der Waals surface area contributed by atoms with Gasteiger partial charge in [-0.15, -0.1) is 0 Å². The number of benzene rings is 1. The van der Waals surface area contributed by atoms with E-state index in [1.54, 1.807) is 0 Å². The van der Waals surface area contributed by atoms with Crippen LogP contribution in [-0.2, 0) is 6.42 Å². The molecule has 4 rings (SSSR count). The molecule has 0 aliphatic carbocycles. The van der Waals surface area contributed by atoms with Crippen LogP contribution in [0.15, 0.2) is 53.2 Å². The number of nitrogens with zero attached hydrogens (tertiary/aromatic N) is 2. The zero-order valence-electron chi connectivity index (χ0n) is 13.5. The lowest BCUT2D eigenvalue weighted by Gasteiger charge is -2.19. The van der Waals surface area contributed by atoms with Crippen molar-refractivity contribution in [1.82, 2.24) is 9.88 Å². The van der Waals surface area contributed by atoms with Gasteiger partial charge in [-0.3, -0.25) is 4.98 Å². The number of rotatable bonds is 4. The molecule has 1 aromatic carbocycles. The van der Waals surface area contributed by atoms with Crippen LogP contribution >= 0.6 is 0 Å². The van der Waals surface area contributed by atoms with Gasteiger partial charge in [-0.1, -0.05) is 18.2 Å². The lowest BCUT2D eigenvalue weighted by Crippen LogP contribution is -2.28. The quantitative estimate of drug-likeness (QED) is 0.709. The standard InChI is InChI=1S/C20H22N2O/c1-15-4-3-12-22(15)13-9-18-14-17-5-2-6-19(20(17)23-18)16-7-10-21-11-8-16/h2,5-8,10-11,14-15H,3-4,9,12-13H2,1H3. The Labute approximate surface area is 136 Å². The molecule has 0 spiro atoms. The SMILES string of the molecule is CC1CCCN1CCc1cc2cccc(-c3ccncc3)c2o1. The minimum Gasteiger partial charge on any atom is -0.460 e. The average Bonchev–Trinajstić information content (AvgIpc) is 3.19. The number of likely N-dealkylation sites (tertiary alicyclic amines) is 1. The highest BCUT2D eigenvalue weighted by molar-refractivity contribution is 5.92. The van der Waals surface area contributed by atoms with E-state index < -0.39 is 0 Å². The lowest BCUT2D eigenvalue weighted by atomic mass is 10.1. The van der Waals surface area contributed by atoms with E-state index in [4.69, 9.17) is 4.42 Å². The fraction of sp³-hybridized carbons (Fsp3) is 0.350. The van der Waals surface area contributed by atoms with Gasteiger partial charge in [-0.25, -0.2) is 0 Å². The van der Waals surface area contributed by atoms with Crippen LogP contribution in [0.3, 0.4) is 0 Å². The van der Waals surface area contributed by atoms with E-state index in [2.05, 4.69) is 41.1 Å². The summed E-state index contributed by atoms with van der Waals surface area (Å²) in [4.78, 5) is 6.67. The minimum absolute atomic E-state index is 0.715. The van der Waals surface area contributed by atoms with Gasteiger partial charge in [0.15, 0.2) is 0 Å². The van der Waals surface area contributed by atoms with E-state index in [1.807, 2.05) is 24.5 Å². The molecule has 1 aliphatic rings. The van der Waals surface area contributed by atoms with Gasteiger partial charge in [0, 0.05) is 42.4 Å². The van der Waals surface area contributed by atoms with E-state index in [0.717, 1.165) is 35.4 Å². The number of furan rings is 1. The van der Waals surface area contributed by atoms with E-state index in [-0.39, 0.29) is 0 Å². The first kappa shape index (κ1) is 14.5. The summed E-state index contributed by atoms with van der Waals surface area (Å²) in [7, 11) is 0. The predicted molar refractivity (Wildman–Crippen MR) is 93.4 cm³/mol. The van der Waals surface area contributed by atoms with Gasteiger partial charge in [0.25, 0.3) is 0 Å². The number of pyridine rings is 1. The maximum Gasteiger partial charge on any atom is 0.142 e. The molecular weight excluding hydrogens is 284 g/mol. The maximum absolute atomic E-state index is 6.20. The molecule has 1 aliphatic heterocycles. The molecule has 1 unspecified atom stereocenters. The smallest absolute Gasteiger partial charge is 0.142 e. The number of hydrogen-bond donors (Lipinski definition) is 0. The summed E-state index contributed by atoms with van der Waals surface area (Å²) in [5, 5.41) is 1.18. The van der Waals surface area contributed by atoms with Crippen molar-refractivity contribution in [3.05, 3.63) is 54.6 Å². The van der Waals surface area contributed by atoms with Gasteiger partial charge >= 0.3 is 0 Å². The topological polar surface area (TPSA) is 29.3 Å². The molecule has 118 valence electrons. The van der Waals surface area contributed by atoms with Crippen molar-refractivity contribution < 1.29 is 4.42 Å². The van der Waals surface area contributed by atoms with E-state index in [1.165, 1.54) is 24.8 Å². The Hall–Kier alpha value is -2.13. The number of fused-ring (bicyclic) bond motifs is 1. The van der Waals surface area contributed by atoms with E-state index >= 15 is 0 Å². The Balaban J connectivity index is 1.60. The van der Waals surface area contributed by atoms with Crippen LogP contribution in [0, 0.1) is 0 Å². The highest BCUT2D eigenvalue weighted by Gasteiger charge is 2.20. The second kappa shape index (κ2) is 6.17. The largest absolute Gasteiger partial charge is 0.460 e. The Morgan fingerprint density at radius 2 is 2.09 bits per heavy atom. The maximum atomic E-state index is 6.20. The summed E-state index contributed by atoms with van der Waals surface area (Å²) in [6, 6.07) is 13.3. The summed E-state index contributed by atoms with van der Waals surface area (Å²) in [6.45, 7) is 4.64. The van der Waals surface area contributed by atoms with Crippen molar-refractivity contribution in [3.8, 4) is 11.1 Å². The molecule has 3 heterocycles. The molecule has 3 heteroatoms. The molecule has 0 bridgehead atoms. The Bertz CT molecular complexity index is 794. The zero-order chi connectivity index (χ0) is 15.6. The average molecular weight is 306 g/mol. The zero-order valence-corrected chi connectivity index (χ0v) is 13.5. The monoisotopic (exact) mass is 306 g/mol. The Morgan fingerprint density at radius 3 is 2.87 bits per heavy atom. The summed E-state index contributed by atoms with van der Waals surface area (Å²) in [5.41, 5.74) is 3.29. The first-order chi connectivity index (χ1) is 11.3. The Morgan fingerprint density at radius 1 is 1.22 bits per heavy atom. The van der Waals surface area contributed by atoms with E-state index in [0.29, 0.717) is 6.04 Å². The normalized spacial score (nSPS) is 18.7. The van der Waals surface area contributed by atoms with Crippen molar-refractivity contribution in [2.45, 2.75) is 32.2 Å². The molecule has 2 aromatic heterocycles. The molecule has 0 radical (unpaired) electrons. The van der Waals surface area contributed by atoms with Crippen molar-refractivity contribution in [2.24, 2.45) is 0 Å². The van der Waals surface area contributed by atoms with Crippen LogP contribution in [0.25, 0.3) is 22.1 Å². The van der Waals surface area contributed by atoms with E-state index in [9.17, 15) is 0 Å². The molecule has 0 saturated carbocycles. The third-order valence-electron chi connectivity index (χ3n) is 4.92. The third-order valence-corrected chi connectivity index (χ3v) is 4.92. The molecular formula is C20H22N2O. The Kier molecular flexibility index (Phi) is 3.88. The predicted octanol–water partition coefficient (Wildman–Crippen LogP) is 4.52. The minimum atomic E-state index is 0.715. The van der Waals surface area contributed by atoms with Gasteiger partial charge in [-0.2, -0.15) is 0 Å². The summed E-state index contributed by atoms with van der Waals surface area (Å²) >= 11 is 0. The van der Waals surface area contributed by atoms with Crippen LogP contribution in [-0.4, -0.2) is 29.0 Å². The van der Waals surface area contributed by atoms with Crippen LogP contribution in [0.5, 0.6) is 0 Å². The molecule has 3 aromatic rings. The molecule has 0 amide bonds. The lowest BCUT2D eigenvalue weighted by molar-refractivity contribution is 0.266. The van der Waals surface area contributed by atoms with Gasteiger partial charge in [-0.05, 0) is 50.1 Å². The number of aromatic nitrogens is 1.